The van der Waals surface area contributed by atoms with E-state index in [1.54, 1.807) is 20.1 Å². The highest BCUT2D eigenvalue weighted by molar-refractivity contribution is 5.84. The summed E-state index contributed by atoms with van der Waals surface area (Å²) >= 11 is 0. The number of methoxy groups -OCH3 is 1. The quantitative estimate of drug-likeness (QED) is 0.511. The van der Waals surface area contributed by atoms with E-state index in [2.05, 4.69) is 5.32 Å². The third-order valence-corrected chi connectivity index (χ3v) is 3.93. The third-order valence-electron chi connectivity index (χ3n) is 3.93. The van der Waals surface area contributed by atoms with Crippen LogP contribution in [0.25, 0.3) is 11.0 Å². The summed E-state index contributed by atoms with van der Waals surface area (Å²) in [6.45, 7) is 1.77. The Hall–Kier alpha value is -3.62. The van der Waals surface area contributed by atoms with E-state index < -0.39 is 15.9 Å². The highest BCUT2D eigenvalue weighted by atomic mass is 16.6. The van der Waals surface area contributed by atoms with Crippen molar-refractivity contribution in [1.29, 1.82) is 0 Å². The number of nitrogens with one attached hydrogen (secondary N) is 1. The Bertz CT molecular complexity index is 997. The Labute approximate surface area is 147 Å². The number of non-ortho nitro benzene ring substituents is 1. The van der Waals surface area contributed by atoms with E-state index in [0.29, 0.717) is 17.1 Å². The summed E-state index contributed by atoms with van der Waals surface area (Å²) in [7, 11) is 1.54. The minimum atomic E-state index is -0.675. The fraction of sp³-hybridized carbons (Fsp3) is 0.176. The van der Waals surface area contributed by atoms with Crippen molar-refractivity contribution in [2.45, 2.75) is 13.0 Å². The zero-order valence-corrected chi connectivity index (χ0v) is 14.0. The molecule has 1 N–H and O–H groups in total. The van der Waals surface area contributed by atoms with E-state index in [-0.39, 0.29) is 17.1 Å². The molecule has 1 atom stereocenters. The van der Waals surface area contributed by atoms with Crippen molar-refractivity contribution < 1.29 is 19.0 Å². The van der Waals surface area contributed by atoms with Crippen LogP contribution in [0.3, 0.4) is 0 Å². The molecule has 134 valence electrons. The van der Waals surface area contributed by atoms with Crippen LogP contribution in [0, 0.1) is 20.2 Å². The molecule has 3 rings (SSSR count). The smallest absolute Gasteiger partial charge is 0.299 e. The first kappa shape index (κ1) is 17.2. The largest absolute Gasteiger partial charge is 0.493 e. The van der Waals surface area contributed by atoms with Gasteiger partial charge in [0.2, 0.25) is 0 Å². The van der Waals surface area contributed by atoms with E-state index in [1.807, 2.05) is 18.2 Å². The molecule has 0 bridgehead atoms. The first-order chi connectivity index (χ1) is 12.4. The summed E-state index contributed by atoms with van der Waals surface area (Å²) in [4.78, 5) is 20.7. The Morgan fingerprint density at radius 3 is 2.54 bits per heavy atom. The minimum absolute atomic E-state index is 0.167. The van der Waals surface area contributed by atoms with Gasteiger partial charge in [-0.15, -0.1) is 0 Å². The number of fused-ring (bicyclic) bond motifs is 1. The molecule has 0 amide bonds. The standard InChI is InChI=1S/C17H15N3O6/c1-10(16-8-11-4-3-5-15(25-2)17(11)26-16)18-13-7-6-12(19(21)22)9-14(13)20(23)24/h3-10,18H,1-2H3. The second kappa shape index (κ2) is 6.71. The van der Waals surface area contributed by atoms with Gasteiger partial charge in [0, 0.05) is 11.5 Å². The molecule has 0 aliphatic rings. The molecule has 0 aliphatic carbocycles. The maximum absolute atomic E-state index is 11.2. The second-order valence-corrected chi connectivity index (χ2v) is 5.61. The zero-order valence-electron chi connectivity index (χ0n) is 14.0. The van der Waals surface area contributed by atoms with E-state index in [1.165, 1.54) is 12.1 Å². The van der Waals surface area contributed by atoms with Gasteiger partial charge in [0.15, 0.2) is 11.3 Å². The highest BCUT2D eigenvalue weighted by Crippen LogP contribution is 2.35. The predicted octanol–water partition coefficient (Wildman–Crippen LogP) is 4.43. The normalized spacial score (nSPS) is 11.9. The number of nitrogens with zero attached hydrogens (tertiary/aromatic N) is 2. The minimum Gasteiger partial charge on any atom is -0.493 e. The van der Waals surface area contributed by atoms with Gasteiger partial charge in [-0.3, -0.25) is 20.2 Å². The van der Waals surface area contributed by atoms with Crippen molar-refractivity contribution >= 4 is 28.0 Å². The maximum Gasteiger partial charge on any atom is 0.299 e. The Kier molecular flexibility index (Phi) is 4.44. The van der Waals surface area contributed by atoms with Gasteiger partial charge < -0.3 is 14.5 Å². The number of ether oxygens (including phenoxy) is 1. The molecule has 0 radical (unpaired) electrons. The molecule has 1 unspecified atom stereocenters. The van der Waals surface area contributed by atoms with Crippen LogP contribution in [0.15, 0.2) is 46.9 Å². The summed E-state index contributed by atoms with van der Waals surface area (Å²) < 4.78 is 11.1. The van der Waals surface area contributed by atoms with Crippen LogP contribution in [0.5, 0.6) is 5.75 Å². The van der Waals surface area contributed by atoms with Crippen molar-refractivity contribution in [2.24, 2.45) is 0 Å². The SMILES string of the molecule is COc1cccc2cc(C(C)Nc3ccc([N+](=O)[O-])cc3[N+](=O)[O-])oc12. The van der Waals surface area contributed by atoms with Gasteiger partial charge in [0.05, 0.1) is 29.1 Å². The number of anilines is 1. The number of furan rings is 1. The lowest BCUT2D eigenvalue weighted by Crippen LogP contribution is -2.08. The van der Waals surface area contributed by atoms with Crippen LogP contribution in [0.2, 0.25) is 0 Å². The average molecular weight is 357 g/mol. The van der Waals surface area contributed by atoms with Crippen LogP contribution in [0.4, 0.5) is 17.1 Å². The lowest BCUT2D eigenvalue weighted by Gasteiger charge is -2.12. The molecule has 1 heterocycles. The summed E-state index contributed by atoms with van der Waals surface area (Å²) in [5, 5.41) is 25.9. The Morgan fingerprint density at radius 1 is 1.12 bits per heavy atom. The maximum atomic E-state index is 11.2. The van der Waals surface area contributed by atoms with Crippen LogP contribution < -0.4 is 10.1 Å². The number of nitro benzene ring substituents is 2. The topological polar surface area (TPSA) is 121 Å². The van der Waals surface area contributed by atoms with Gasteiger partial charge in [-0.25, -0.2) is 0 Å². The molecule has 0 spiro atoms. The van der Waals surface area contributed by atoms with Crippen molar-refractivity contribution in [1.82, 2.24) is 0 Å². The highest BCUT2D eigenvalue weighted by Gasteiger charge is 2.22. The van der Waals surface area contributed by atoms with Crippen molar-refractivity contribution in [2.75, 3.05) is 12.4 Å². The lowest BCUT2D eigenvalue weighted by atomic mass is 10.2. The first-order valence-electron chi connectivity index (χ1n) is 7.66. The van der Waals surface area contributed by atoms with Crippen LogP contribution in [-0.2, 0) is 0 Å². The molecule has 2 aromatic carbocycles. The molecular weight excluding hydrogens is 342 g/mol. The number of hydrogen-bond donors (Lipinski definition) is 1. The molecule has 0 saturated heterocycles. The Morgan fingerprint density at radius 2 is 1.88 bits per heavy atom. The fourth-order valence-electron chi connectivity index (χ4n) is 2.64. The average Bonchev–Trinajstić information content (AvgIpc) is 3.06. The first-order valence-corrected chi connectivity index (χ1v) is 7.66. The molecule has 0 fully saturated rings. The van der Waals surface area contributed by atoms with Gasteiger partial charge in [-0.1, -0.05) is 12.1 Å². The van der Waals surface area contributed by atoms with E-state index in [9.17, 15) is 20.2 Å². The van der Waals surface area contributed by atoms with Gasteiger partial charge in [0.25, 0.3) is 11.4 Å². The fourth-order valence-corrected chi connectivity index (χ4v) is 2.64. The monoisotopic (exact) mass is 357 g/mol. The number of nitro groups is 2. The number of benzene rings is 2. The van der Waals surface area contributed by atoms with Crippen LogP contribution in [-0.4, -0.2) is 17.0 Å². The zero-order chi connectivity index (χ0) is 18.8. The number of hydrogen-bond acceptors (Lipinski definition) is 7. The van der Waals surface area contributed by atoms with E-state index in [4.69, 9.17) is 9.15 Å². The van der Waals surface area contributed by atoms with E-state index >= 15 is 0 Å². The summed E-state index contributed by atoms with van der Waals surface area (Å²) in [5.41, 5.74) is 0.0282. The molecule has 9 nitrogen and oxygen atoms in total. The van der Waals surface area contributed by atoms with Crippen molar-refractivity contribution in [3.63, 3.8) is 0 Å². The van der Waals surface area contributed by atoms with Crippen molar-refractivity contribution in [3.8, 4) is 5.75 Å². The van der Waals surface area contributed by atoms with Gasteiger partial charge >= 0.3 is 0 Å². The second-order valence-electron chi connectivity index (χ2n) is 5.61. The summed E-state index contributed by atoms with van der Waals surface area (Å²) in [6.07, 6.45) is 0. The summed E-state index contributed by atoms with van der Waals surface area (Å²) in [6, 6.07) is 10.3. The van der Waals surface area contributed by atoms with Crippen LogP contribution in [0.1, 0.15) is 18.7 Å². The summed E-state index contributed by atoms with van der Waals surface area (Å²) in [5.74, 6) is 1.14. The molecule has 0 aliphatic heterocycles. The predicted molar refractivity (Wildman–Crippen MR) is 94.6 cm³/mol. The molecule has 3 aromatic rings. The van der Waals surface area contributed by atoms with Gasteiger partial charge in [-0.2, -0.15) is 0 Å². The number of para-hydroxylation sites is 1. The molecule has 0 saturated carbocycles. The van der Waals surface area contributed by atoms with Crippen molar-refractivity contribution in [3.05, 3.63) is 68.5 Å². The van der Waals surface area contributed by atoms with Crippen LogP contribution >= 0.6 is 0 Å². The Balaban J connectivity index is 1.94. The third kappa shape index (κ3) is 3.14. The molecule has 9 heteroatoms. The molecule has 26 heavy (non-hydrogen) atoms. The molecular formula is C17H15N3O6. The molecule has 1 aromatic heterocycles. The lowest BCUT2D eigenvalue weighted by molar-refractivity contribution is -0.393. The van der Waals surface area contributed by atoms with Gasteiger partial charge in [-0.05, 0) is 25.1 Å². The number of rotatable bonds is 6. The van der Waals surface area contributed by atoms with E-state index in [0.717, 1.165) is 11.5 Å². The van der Waals surface area contributed by atoms with Gasteiger partial charge in [0.1, 0.15) is 11.4 Å².